The first kappa shape index (κ1) is 16.4. The van der Waals surface area contributed by atoms with E-state index in [-0.39, 0.29) is 17.1 Å². The van der Waals surface area contributed by atoms with Gasteiger partial charge in [-0.1, -0.05) is 0 Å². The van der Waals surface area contributed by atoms with Gasteiger partial charge in [-0.2, -0.15) is 10.4 Å². The number of rotatable bonds is 4. The molecule has 27 heavy (non-hydrogen) atoms. The van der Waals surface area contributed by atoms with Crippen LogP contribution in [0, 0.1) is 11.3 Å². The van der Waals surface area contributed by atoms with Crippen molar-refractivity contribution in [3.8, 4) is 6.07 Å². The lowest BCUT2D eigenvalue weighted by Crippen LogP contribution is -2.20. The maximum absolute atomic E-state index is 12.8. The van der Waals surface area contributed by atoms with Crippen LogP contribution in [0.25, 0.3) is 10.2 Å². The molecule has 0 radical (unpaired) electrons. The molecule has 1 fully saturated rings. The first-order valence-corrected chi connectivity index (χ1v) is 10.0. The van der Waals surface area contributed by atoms with E-state index in [9.17, 15) is 14.9 Å². The second-order valence-electron chi connectivity index (χ2n) is 7.25. The van der Waals surface area contributed by atoms with Gasteiger partial charge in [-0.15, -0.1) is 11.3 Å². The summed E-state index contributed by atoms with van der Waals surface area (Å²) < 4.78 is 0. The van der Waals surface area contributed by atoms with Crippen LogP contribution >= 0.6 is 11.3 Å². The number of nitrogens with zero attached hydrogens (tertiary/aromatic N) is 3. The molecule has 0 aromatic carbocycles. The fourth-order valence-corrected chi connectivity index (χ4v) is 5.04. The largest absolute Gasteiger partial charge is 0.308 e. The number of H-pyrrole nitrogens is 2. The molecular formula is C19H17N5O2S. The van der Waals surface area contributed by atoms with Crippen LogP contribution in [0.4, 0.5) is 0 Å². The molecule has 5 rings (SSSR count). The van der Waals surface area contributed by atoms with E-state index in [1.54, 1.807) is 6.07 Å². The van der Waals surface area contributed by atoms with Gasteiger partial charge in [0.1, 0.15) is 16.3 Å². The van der Waals surface area contributed by atoms with Gasteiger partial charge in [0.05, 0.1) is 11.5 Å². The predicted octanol–water partition coefficient (Wildman–Crippen LogP) is 2.95. The van der Waals surface area contributed by atoms with Crippen molar-refractivity contribution in [2.24, 2.45) is 0 Å². The molecule has 0 spiro atoms. The van der Waals surface area contributed by atoms with Gasteiger partial charge in [-0.3, -0.25) is 14.7 Å². The molecule has 136 valence electrons. The van der Waals surface area contributed by atoms with Crippen LogP contribution in [-0.2, 0) is 12.8 Å². The molecule has 8 heteroatoms. The average Bonchev–Trinajstić information content (AvgIpc) is 3.27. The number of carbonyl (C=O) groups is 1. The number of fused-ring (bicyclic) bond motifs is 3. The van der Waals surface area contributed by atoms with Crippen LogP contribution in [0.2, 0.25) is 0 Å². The molecule has 0 saturated heterocycles. The molecular weight excluding hydrogens is 362 g/mol. The zero-order valence-corrected chi connectivity index (χ0v) is 15.4. The summed E-state index contributed by atoms with van der Waals surface area (Å²) in [5.41, 5.74) is 1.97. The molecule has 3 heterocycles. The fourth-order valence-electron chi connectivity index (χ4n) is 3.78. The summed E-state index contributed by atoms with van der Waals surface area (Å²) in [4.78, 5) is 34.5. The van der Waals surface area contributed by atoms with Gasteiger partial charge in [0.15, 0.2) is 5.92 Å². The van der Waals surface area contributed by atoms with Crippen molar-refractivity contribution in [1.29, 1.82) is 5.26 Å². The van der Waals surface area contributed by atoms with Crippen molar-refractivity contribution in [2.45, 2.75) is 50.4 Å². The molecule has 0 amide bonds. The number of ketones is 1. The second kappa shape index (κ2) is 6.13. The highest BCUT2D eigenvalue weighted by Crippen LogP contribution is 2.39. The van der Waals surface area contributed by atoms with E-state index in [1.165, 1.54) is 16.2 Å². The van der Waals surface area contributed by atoms with Crippen LogP contribution in [0.15, 0.2) is 10.9 Å². The molecule has 0 aliphatic heterocycles. The standard InChI is InChI=1S/C19H17N5O2S/c20-8-11(16(25)13-7-12(23-24-13)9-5-6-9)17-21-18(26)15-10-3-1-2-4-14(10)27-19(15)22-17/h7,9,11H,1-6H2,(H,23,24)(H,21,22,26). The Balaban J connectivity index is 1.55. The molecule has 7 nitrogen and oxygen atoms in total. The minimum atomic E-state index is -1.17. The number of aromatic amines is 2. The van der Waals surface area contributed by atoms with Crippen LogP contribution < -0.4 is 5.56 Å². The van der Waals surface area contributed by atoms with E-state index in [1.807, 2.05) is 6.07 Å². The number of aromatic nitrogens is 4. The molecule has 1 atom stereocenters. The minimum Gasteiger partial charge on any atom is -0.308 e. The zero-order chi connectivity index (χ0) is 18.5. The van der Waals surface area contributed by atoms with Gasteiger partial charge in [-0.05, 0) is 50.2 Å². The molecule has 2 aliphatic rings. The highest BCUT2D eigenvalue weighted by atomic mass is 32.1. The number of hydrogen-bond acceptors (Lipinski definition) is 6. The van der Waals surface area contributed by atoms with E-state index in [0.717, 1.165) is 49.8 Å². The molecule has 1 saturated carbocycles. The summed E-state index contributed by atoms with van der Waals surface area (Å²) in [6.07, 6.45) is 6.21. The Morgan fingerprint density at radius 3 is 2.93 bits per heavy atom. The van der Waals surface area contributed by atoms with E-state index in [0.29, 0.717) is 16.1 Å². The van der Waals surface area contributed by atoms with Crippen LogP contribution in [0.3, 0.4) is 0 Å². The van der Waals surface area contributed by atoms with Gasteiger partial charge in [0, 0.05) is 16.5 Å². The lowest BCUT2D eigenvalue weighted by molar-refractivity contribution is 0.0971. The molecule has 0 bridgehead atoms. The van der Waals surface area contributed by atoms with Gasteiger partial charge >= 0.3 is 0 Å². The number of carbonyl (C=O) groups excluding carboxylic acids is 1. The Morgan fingerprint density at radius 1 is 1.33 bits per heavy atom. The van der Waals surface area contributed by atoms with Gasteiger partial charge in [0.2, 0.25) is 5.78 Å². The summed E-state index contributed by atoms with van der Waals surface area (Å²) in [6.45, 7) is 0. The average molecular weight is 379 g/mol. The Morgan fingerprint density at radius 2 is 2.15 bits per heavy atom. The number of Topliss-reactive ketones (excluding diaryl/α,β-unsaturated/α-hetero) is 1. The Hall–Kier alpha value is -2.79. The third-order valence-corrected chi connectivity index (χ3v) is 6.56. The smallest absolute Gasteiger partial charge is 0.259 e. The third-order valence-electron chi connectivity index (χ3n) is 5.38. The van der Waals surface area contributed by atoms with Crippen molar-refractivity contribution in [3.63, 3.8) is 0 Å². The maximum atomic E-state index is 12.8. The summed E-state index contributed by atoms with van der Waals surface area (Å²) >= 11 is 1.51. The van der Waals surface area contributed by atoms with E-state index >= 15 is 0 Å². The topological polar surface area (TPSA) is 115 Å². The van der Waals surface area contributed by atoms with Crippen molar-refractivity contribution in [3.05, 3.63) is 44.1 Å². The highest BCUT2D eigenvalue weighted by molar-refractivity contribution is 7.18. The number of nitrogens with one attached hydrogen (secondary N) is 2. The Bertz CT molecular complexity index is 1160. The lowest BCUT2D eigenvalue weighted by atomic mass is 9.97. The SMILES string of the molecule is N#CC(C(=O)c1cc(C2CC2)[nH]n1)c1nc2sc3c(c2c(=O)[nH]1)CCCC3. The number of aryl methyl sites for hydroxylation is 2. The van der Waals surface area contributed by atoms with Gasteiger partial charge in [0.25, 0.3) is 5.56 Å². The Labute approximate surface area is 158 Å². The number of hydrogen-bond donors (Lipinski definition) is 2. The monoisotopic (exact) mass is 379 g/mol. The van der Waals surface area contributed by atoms with Crippen LogP contribution in [-0.4, -0.2) is 25.9 Å². The van der Waals surface area contributed by atoms with Crippen molar-refractivity contribution in [1.82, 2.24) is 20.2 Å². The molecule has 2 N–H and O–H groups in total. The molecule has 2 aliphatic carbocycles. The molecule has 3 aromatic heterocycles. The fraction of sp³-hybridized carbons (Fsp3) is 0.421. The third kappa shape index (κ3) is 2.70. The van der Waals surface area contributed by atoms with Gasteiger partial charge < -0.3 is 4.98 Å². The molecule has 3 aromatic rings. The summed E-state index contributed by atoms with van der Waals surface area (Å²) in [7, 11) is 0. The summed E-state index contributed by atoms with van der Waals surface area (Å²) in [6, 6.07) is 3.71. The normalized spacial score (nSPS) is 17.4. The second-order valence-corrected chi connectivity index (χ2v) is 8.34. The first-order valence-electron chi connectivity index (χ1n) is 9.19. The van der Waals surface area contributed by atoms with Gasteiger partial charge in [-0.25, -0.2) is 4.98 Å². The van der Waals surface area contributed by atoms with Crippen LogP contribution in [0.5, 0.6) is 0 Å². The first-order chi connectivity index (χ1) is 13.2. The highest BCUT2D eigenvalue weighted by Gasteiger charge is 2.31. The van der Waals surface area contributed by atoms with Crippen LogP contribution in [0.1, 0.15) is 70.0 Å². The van der Waals surface area contributed by atoms with E-state index in [2.05, 4.69) is 20.2 Å². The number of nitriles is 1. The molecule has 1 unspecified atom stereocenters. The quantitative estimate of drug-likeness (QED) is 0.676. The predicted molar refractivity (Wildman–Crippen MR) is 100 cm³/mol. The van der Waals surface area contributed by atoms with Crippen molar-refractivity contribution >= 4 is 27.3 Å². The number of thiophene rings is 1. The summed E-state index contributed by atoms with van der Waals surface area (Å²) in [5, 5.41) is 17.2. The lowest BCUT2D eigenvalue weighted by Gasteiger charge is -2.09. The summed E-state index contributed by atoms with van der Waals surface area (Å²) in [5.74, 6) is -1.07. The zero-order valence-electron chi connectivity index (χ0n) is 14.5. The minimum absolute atomic E-state index is 0.106. The maximum Gasteiger partial charge on any atom is 0.259 e. The Kier molecular flexibility index (Phi) is 3.72. The van der Waals surface area contributed by atoms with Crippen molar-refractivity contribution in [2.75, 3.05) is 0 Å². The van der Waals surface area contributed by atoms with Crippen molar-refractivity contribution < 1.29 is 4.79 Å². The van der Waals surface area contributed by atoms with E-state index in [4.69, 9.17) is 0 Å². The van der Waals surface area contributed by atoms with E-state index < -0.39 is 11.7 Å².